The summed E-state index contributed by atoms with van der Waals surface area (Å²) < 4.78 is 31.6. The predicted molar refractivity (Wildman–Crippen MR) is 76.1 cm³/mol. The topological polar surface area (TPSA) is 87.0 Å². The Morgan fingerprint density at radius 1 is 1.40 bits per heavy atom. The van der Waals surface area contributed by atoms with Crippen LogP contribution in [0.15, 0.2) is 22.1 Å². The Morgan fingerprint density at radius 2 is 2.05 bits per heavy atom. The Kier molecular flexibility index (Phi) is 4.06. The molecule has 9 heteroatoms. The SMILES string of the molecule is CCC1=NN(c2cc(Cl)c(Cl)c(S(=O)(=O)O)c2)C(=O)C1. The number of anilines is 1. The standard InChI is InChI=1S/C11H10Cl2N2O4S/c1-2-6-3-10(16)15(14-6)7-4-8(12)11(13)9(5-7)20(17,18)19/h4-5H,2-3H2,1H3,(H,17,18,19). The summed E-state index contributed by atoms with van der Waals surface area (Å²) in [7, 11) is -4.55. The molecule has 0 atom stereocenters. The van der Waals surface area contributed by atoms with Gasteiger partial charge in [-0.2, -0.15) is 13.5 Å². The zero-order valence-corrected chi connectivity index (χ0v) is 12.6. The van der Waals surface area contributed by atoms with Gasteiger partial charge in [0.25, 0.3) is 16.0 Å². The van der Waals surface area contributed by atoms with Gasteiger partial charge >= 0.3 is 0 Å². The van der Waals surface area contributed by atoms with Crippen LogP contribution in [-0.4, -0.2) is 24.6 Å². The molecule has 0 saturated carbocycles. The normalized spacial score (nSPS) is 15.7. The average molecular weight is 337 g/mol. The molecular weight excluding hydrogens is 327 g/mol. The van der Waals surface area contributed by atoms with Crippen molar-refractivity contribution < 1.29 is 17.8 Å². The number of amides is 1. The summed E-state index contributed by atoms with van der Waals surface area (Å²) in [6.07, 6.45) is 0.771. The summed E-state index contributed by atoms with van der Waals surface area (Å²) in [5.74, 6) is -0.304. The third kappa shape index (κ3) is 2.80. The van der Waals surface area contributed by atoms with Crippen LogP contribution in [0.3, 0.4) is 0 Å². The van der Waals surface area contributed by atoms with Crippen LogP contribution in [0.1, 0.15) is 19.8 Å². The van der Waals surface area contributed by atoms with E-state index in [0.29, 0.717) is 12.1 Å². The van der Waals surface area contributed by atoms with E-state index in [1.54, 1.807) is 0 Å². The van der Waals surface area contributed by atoms with Gasteiger partial charge in [-0.25, -0.2) is 5.01 Å². The molecule has 108 valence electrons. The van der Waals surface area contributed by atoms with Gasteiger partial charge in [-0.3, -0.25) is 9.35 Å². The molecule has 1 aliphatic heterocycles. The first kappa shape index (κ1) is 15.2. The van der Waals surface area contributed by atoms with Gasteiger partial charge in [0.05, 0.1) is 22.2 Å². The van der Waals surface area contributed by atoms with Crippen molar-refractivity contribution in [3.05, 3.63) is 22.2 Å². The van der Waals surface area contributed by atoms with E-state index in [2.05, 4.69) is 5.10 Å². The lowest BCUT2D eigenvalue weighted by Gasteiger charge is -2.14. The van der Waals surface area contributed by atoms with Gasteiger partial charge in [-0.15, -0.1) is 0 Å². The van der Waals surface area contributed by atoms with Crippen LogP contribution < -0.4 is 5.01 Å². The molecule has 1 amide bonds. The van der Waals surface area contributed by atoms with Crippen molar-refractivity contribution in [2.45, 2.75) is 24.7 Å². The highest BCUT2D eigenvalue weighted by atomic mass is 35.5. The second-order valence-corrected chi connectivity index (χ2v) is 6.29. The number of carbonyl (C=O) groups excluding carboxylic acids is 1. The molecular formula is C11H10Cl2N2O4S. The van der Waals surface area contributed by atoms with Crippen LogP contribution in [0.2, 0.25) is 10.0 Å². The lowest BCUT2D eigenvalue weighted by molar-refractivity contribution is -0.116. The van der Waals surface area contributed by atoms with E-state index < -0.39 is 15.0 Å². The minimum atomic E-state index is -4.55. The Morgan fingerprint density at radius 3 is 2.55 bits per heavy atom. The van der Waals surface area contributed by atoms with Gasteiger partial charge in [0, 0.05) is 5.71 Å². The zero-order valence-electron chi connectivity index (χ0n) is 10.3. The van der Waals surface area contributed by atoms with Crippen molar-refractivity contribution in [2.24, 2.45) is 5.10 Å². The molecule has 1 aliphatic rings. The van der Waals surface area contributed by atoms with Crippen molar-refractivity contribution in [3.63, 3.8) is 0 Å². The predicted octanol–water partition coefficient (Wildman–Crippen LogP) is 2.74. The van der Waals surface area contributed by atoms with Gasteiger partial charge in [0.2, 0.25) is 0 Å². The largest absolute Gasteiger partial charge is 0.296 e. The maximum absolute atomic E-state index is 11.8. The van der Waals surface area contributed by atoms with E-state index in [1.807, 2.05) is 6.92 Å². The molecule has 6 nitrogen and oxygen atoms in total. The monoisotopic (exact) mass is 336 g/mol. The Balaban J connectivity index is 2.57. The molecule has 0 fully saturated rings. The molecule has 0 aromatic heterocycles. The molecule has 0 aliphatic carbocycles. The minimum absolute atomic E-state index is 0.0928. The van der Waals surface area contributed by atoms with Gasteiger partial charge < -0.3 is 0 Å². The van der Waals surface area contributed by atoms with Crippen LogP contribution in [-0.2, 0) is 14.9 Å². The number of hydrogen-bond donors (Lipinski definition) is 1. The van der Waals surface area contributed by atoms with Gasteiger partial charge in [0.15, 0.2) is 0 Å². The van der Waals surface area contributed by atoms with Crippen LogP contribution in [0.5, 0.6) is 0 Å². The average Bonchev–Trinajstić information content (AvgIpc) is 2.72. The molecule has 1 aromatic rings. The lowest BCUT2D eigenvalue weighted by Crippen LogP contribution is -2.20. The van der Waals surface area contributed by atoms with E-state index in [9.17, 15) is 13.2 Å². The summed E-state index contributed by atoms with van der Waals surface area (Å²) >= 11 is 11.6. The van der Waals surface area contributed by atoms with E-state index >= 15 is 0 Å². The molecule has 0 unspecified atom stereocenters. The van der Waals surface area contributed by atoms with Crippen LogP contribution in [0.25, 0.3) is 0 Å². The maximum atomic E-state index is 11.8. The lowest BCUT2D eigenvalue weighted by atomic mass is 10.2. The van der Waals surface area contributed by atoms with Crippen LogP contribution in [0, 0.1) is 0 Å². The third-order valence-electron chi connectivity index (χ3n) is 2.74. The zero-order chi connectivity index (χ0) is 15.1. The number of hydrogen-bond acceptors (Lipinski definition) is 4. The molecule has 0 saturated heterocycles. The molecule has 0 radical (unpaired) electrons. The molecule has 1 aromatic carbocycles. The Hall–Kier alpha value is -1.15. The minimum Gasteiger partial charge on any atom is -0.282 e. The molecule has 1 N–H and O–H groups in total. The van der Waals surface area contributed by atoms with Crippen molar-refractivity contribution in [3.8, 4) is 0 Å². The van der Waals surface area contributed by atoms with Gasteiger partial charge in [-0.1, -0.05) is 30.1 Å². The molecule has 1 heterocycles. The Labute approximate surface area is 125 Å². The van der Waals surface area contributed by atoms with Crippen LogP contribution in [0.4, 0.5) is 5.69 Å². The van der Waals surface area contributed by atoms with Crippen LogP contribution >= 0.6 is 23.2 Å². The number of benzene rings is 1. The number of halogens is 2. The number of rotatable bonds is 3. The first-order valence-electron chi connectivity index (χ1n) is 5.60. The highest BCUT2D eigenvalue weighted by molar-refractivity contribution is 7.86. The van der Waals surface area contributed by atoms with Gasteiger partial charge in [-0.05, 0) is 18.6 Å². The van der Waals surface area contributed by atoms with Crippen molar-refractivity contribution in [1.82, 2.24) is 0 Å². The second kappa shape index (κ2) is 5.33. The summed E-state index contributed by atoms with van der Waals surface area (Å²) in [6, 6.07) is 2.38. The van der Waals surface area contributed by atoms with E-state index in [0.717, 1.165) is 11.1 Å². The maximum Gasteiger partial charge on any atom is 0.296 e. The van der Waals surface area contributed by atoms with Crippen molar-refractivity contribution >= 4 is 50.6 Å². The fourth-order valence-electron chi connectivity index (χ4n) is 1.74. The summed E-state index contributed by atoms with van der Waals surface area (Å²) in [4.78, 5) is 11.3. The summed E-state index contributed by atoms with van der Waals surface area (Å²) in [5, 5.41) is 4.73. The highest BCUT2D eigenvalue weighted by Crippen LogP contribution is 2.35. The van der Waals surface area contributed by atoms with E-state index in [4.69, 9.17) is 27.8 Å². The fourth-order valence-corrected chi connectivity index (χ4v) is 3.02. The smallest absolute Gasteiger partial charge is 0.282 e. The number of nitrogens with zero attached hydrogens (tertiary/aromatic N) is 2. The Bertz CT molecular complexity index is 715. The second-order valence-electron chi connectivity index (χ2n) is 4.12. The quantitative estimate of drug-likeness (QED) is 0.859. The first-order chi connectivity index (χ1) is 9.24. The third-order valence-corrected chi connectivity index (χ3v) is 4.53. The molecule has 0 spiro atoms. The van der Waals surface area contributed by atoms with Gasteiger partial charge in [0.1, 0.15) is 4.90 Å². The summed E-state index contributed by atoms with van der Waals surface area (Å²) in [5.41, 5.74) is 0.815. The van der Waals surface area contributed by atoms with E-state index in [1.165, 1.54) is 6.07 Å². The molecule has 20 heavy (non-hydrogen) atoms. The highest BCUT2D eigenvalue weighted by Gasteiger charge is 2.27. The molecule has 2 rings (SSSR count). The van der Waals surface area contributed by atoms with E-state index in [-0.39, 0.29) is 28.1 Å². The fraction of sp³-hybridized carbons (Fsp3) is 0.273. The first-order valence-corrected chi connectivity index (χ1v) is 7.79. The number of hydrazone groups is 1. The van der Waals surface area contributed by atoms with Crippen molar-refractivity contribution in [2.75, 3.05) is 5.01 Å². The molecule has 0 bridgehead atoms. The van der Waals surface area contributed by atoms with Crippen molar-refractivity contribution in [1.29, 1.82) is 0 Å². The summed E-state index contributed by atoms with van der Waals surface area (Å²) in [6.45, 7) is 1.86. The number of carbonyl (C=O) groups is 1.